The zero-order valence-electron chi connectivity index (χ0n) is 13.7. The van der Waals surface area contributed by atoms with Gasteiger partial charge in [-0.2, -0.15) is 13.2 Å². The van der Waals surface area contributed by atoms with Gasteiger partial charge in [-0.05, 0) is 42.8 Å². The molecule has 0 atom stereocenters. The predicted octanol–water partition coefficient (Wildman–Crippen LogP) is 3.80. The van der Waals surface area contributed by atoms with Crippen molar-refractivity contribution in [3.63, 3.8) is 0 Å². The number of hydrogen-bond donors (Lipinski definition) is 3. The number of nitrogens with one attached hydrogen (secondary N) is 1. The van der Waals surface area contributed by atoms with Crippen LogP contribution < -0.4 is 5.32 Å². The lowest BCUT2D eigenvalue weighted by Gasteiger charge is -2.11. The highest BCUT2D eigenvalue weighted by atomic mass is 19.4. The molecular formula is C17H13F4NO5. The lowest BCUT2D eigenvalue weighted by molar-refractivity contribution is -0.137. The molecule has 0 saturated carbocycles. The summed E-state index contributed by atoms with van der Waals surface area (Å²) in [7, 11) is 0. The molecule has 2 rings (SSSR count). The number of anilines is 1. The van der Waals surface area contributed by atoms with Crippen LogP contribution in [0.3, 0.4) is 0 Å². The minimum Gasteiger partial charge on any atom is -0.478 e. The van der Waals surface area contributed by atoms with Gasteiger partial charge < -0.3 is 15.5 Å². The van der Waals surface area contributed by atoms with Gasteiger partial charge in [0.25, 0.3) is 0 Å². The number of halogens is 4. The topological polar surface area (TPSA) is 104 Å². The molecule has 2 aromatic carbocycles. The summed E-state index contributed by atoms with van der Waals surface area (Å²) in [6, 6.07) is 6.19. The van der Waals surface area contributed by atoms with Crippen molar-refractivity contribution in [1.82, 2.24) is 0 Å². The van der Waals surface area contributed by atoms with Crippen molar-refractivity contribution < 1.29 is 42.2 Å². The van der Waals surface area contributed by atoms with E-state index >= 15 is 0 Å². The fourth-order valence-corrected chi connectivity index (χ4v) is 2.04. The van der Waals surface area contributed by atoms with Crippen LogP contribution in [-0.4, -0.2) is 28.6 Å². The van der Waals surface area contributed by atoms with E-state index in [1.54, 1.807) is 0 Å². The highest BCUT2D eigenvalue weighted by Crippen LogP contribution is 2.34. The molecule has 0 aliphatic carbocycles. The van der Waals surface area contributed by atoms with Gasteiger partial charge in [0.15, 0.2) is 0 Å². The number of hydrogen-bond acceptors (Lipinski definition) is 3. The number of carbonyl (C=O) groups excluding carboxylic acids is 1. The summed E-state index contributed by atoms with van der Waals surface area (Å²) in [5, 5.41) is 19.2. The van der Waals surface area contributed by atoms with Crippen molar-refractivity contribution in [2.24, 2.45) is 0 Å². The van der Waals surface area contributed by atoms with Crippen LogP contribution >= 0.6 is 0 Å². The maximum atomic E-state index is 12.5. The number of carboxylic acids is 2. The van der Waals surface area contributed by atoms with Gasteiger partial charge in [-0.1, -0.05) is 6.07 Å². The summed E-state index contributed by atoms with van der Waals surface area (Å²) >= 11 is 0. The average Bonchev–Trinajstić information content (AvgIpc) is 2.56. The van der Waals surface area contributed by atoms with Crippen LogP contribution in [0.4, 0.5) is 23.2 Å². The molecular weight excluding hydrogens is 374 g/mol. The Morgan fingerprint density at radius 3 is 1.96 bits per heavy atom. The van der Waals surface area contributed by atoms with E-state index in [1.165, 1.54) is 25.1 Å². The van der Waals surface area contributed by atoms with E-state index in [1.807, 2.05) is 5.32 Å². The molecule has 3 N–H and O–H groups in total. The van der Waals surface area contributed by atoms with Crippen LogP contribution in [0.15, 0.2) is 36.4 Å². The molecule has 144 valence electrons. The van der Waals surface area contributed by atoms with Gasteiger partial charge in [0, 0.05) is 0 Å². The molecule has 0 saturated heterocycles. The van der Waals surface area contributed by atoms with Gasteiger partial charge in [0.05, 0.1) is 22.4 Å². The molecule has 0 bridgehead atoms. The van der Waals surface area contributed by atoms with Gasteiger partial charge in [0.1, 0.15) is 5.82 Å². The smallest absolute Gasteiger partial charge is 0.418 e. The first kappa shape index (κ1) is 21.6. The predicted molar refractivity (Wildman–Crippen MR) is 86.2 cm³/mol. The van der Waals surface area contributed by atoms with E-state index in [0.29, 0.717) is 6.07 Å². The quantitative estimate of drug-likeness (QED) is 0.547. The van der Waals surface area contributed by atoms with Crippen LogP contribution in [-0.2, 0) is 11.0 Å². The van der Waals surface area contributed by atoms with E-state index in [2.05, 4.69) is 0 Å². The number of alkyl halides is 3. The van der Waals surface area contributed by atoms with Crippen LogP contribution in [0.2, 0.25) is 0 Å². The Labute approximate surface area is 150 Å². The largest absolute Gasteiger partial charge is 0.478 e. The SMILES string of the molecule is Cc1c(C(=O)O)cccc1C(=O)O.O=CNc1ccc(F)cc1C(F)(F)F. The summed E-state index contributed by atoms with van der Waals surface area (Å²) in [5.41, 5.74) is -1.33. The molecule has 10 heteroatoms. The highest BCUT2D eigenvalue weighted by molar-refractivity contribution is 5.96. The molecule has 27 heavy (non-hydrogen) atoms. The Bertz CT molecular complexity index is 833. The second kappa shape index (κ2) is 8.79. The van der Waals surface area contributed by atoms with Gasteiger partial charge in [-0.3, -0.25) is 4.79 Å². The molecule has 1 amide bonds. The molecule has 0 aliphatic rings. The maximum absolute atomic E-state index is 12.5. The van der Waals surface area contributed by atoms with Crippen molar-refractivity contribution in [3.8, 4) is 0 Å². The van der Waals surface area contributed by atoms with Crippen molar-refractivity contribution in [2.75, 3.05) is 5.32 Å². The van der Waals surface area contributed by atoms with Gasteiger partial charge in [-0.15, -0.1) is 0 Å². The summed E-state index contributed by atoms with van der Waals surface area (Å²) in [6.45, 7) is 1.48. The van der Waals surface area contributed by atoms with Gasteiger partial charge >= 0.3 is 18.1 Å². The molecule has 0 radical (unpaired) electrons. The standard InChI is InChI=1S/C9H8O4.C8H5F4NO/c1-5-6(8(10)11)3-2-4-7(5)9(12)13;9-5-1-2-7(13-4-14)6(3-5)8(10,11)12/h2-4H,1H3,(H,10,11)(H,12,13);1-4H,(H,13,14). The number of aromatic carboxylic acids is 2. The lowest BCUT2D eigenvalue weighted by Crippen LogP contribution is -2.10. The molecule has 0 fully saturated rings. The fraction of sp³-hybridized carbons (Fsp3) is 0.118. The Morgan fingerprint density at radius 2 is 1.56 bits per heavy atom. The number of carboxylic acid groups (broad SMARTS) is 2. The van der Waals surface area contributed by atoms with Gasteiger partial charge in [-0.25, -0.2) is 14.0 Å². The summed E-state index contributed by atoms with van der Waals surface area (Å²) in [6.07, 6.45) is -4.59. The third-order valence-corrected chi connectivity index (χ3v) is 3.30. The summed E-state index contributed by atoms with van der Waals surface area (Å²) in [4.78, 5) is 31.2. The van der Waals surface area contributed by atoms with E-state index in [0.717, 1.165) is 12.1 Å². The average molecular weight is 387 g/mol. The van der Waals surface area contributed by atoms with Crippen LogP contribution in [0.1, 0.15) is 31.8 Å². The van der Waals surface area contributed by atoms with Crippen molar-refractivity contribution in [2.45, 2.75) is 13.1 Å². The van der Waals surface area contributed by atoms with E-state index in [4.69, 9.17) is 10.2 Å². The summed E-state index contributed by atoms with van der Waals surface area (Å²) in [5.74, 6) is -3.23. The first-order valence-electron chi connectivity index (χ1n) is 7.12. The second-order valence-electron chi connectivity index (χ2n) is 5.04. The Morgan fingerprint density at radius 1 is 1.04 bits per heavy atom. The fourth-order valence-electron chi connectivity index (χ4n) is 2.04. The number of carbonyl (C=O) groups is 3. The van der Waals surface area contributed by atoms with Crippen LogP contribution in [0.25, 0.3) is 0 Å². The lowest BCUT2D eigenvalue weighted by atomic mass is 10.0. The molecule has 6 nitrogen and oxygen atoms in total. The molecule has 0 aromatic heterocycles. The monoisotopic (exact) mass is 387 g/mol. The Balaban J connectivity index is 0.000000271. The van der Waals surface area contributed by atoms with Crippen molar-refractivity contribution in [3.05, 3.63) is 64.5 Å². The normalized spacial score (nSPS) is 10.4. The minimum absolute atomic E-state index is 0.0277. The molecule has 2 aromatic rings. The molecule has 0 spiro atoms. The first-order valence-corrected chi connectivity index (χ1v) is 7.12. The minimum atomic E-state index is -4.69. The van der Waals surface area contributed by atoms with E-state index < -0.39 is 35.2 Å². The number of benzene rings is 2. The summed E-state index contributed by atoms with van der Waals surface area (Å²) < 4.78 is 49.2. The number of rotatable bonds is 4. The molecule has 0 aliphatic heterocycles. The van der Waals surface area contributed by atoms with E-state index in [-0.39, 0.29) is 23.1 Å². The molecule has 0 unspecified atom stereocenters. The Hall–Kier alpha value is -3.43. The highest BCUT2D eigenvalue weighted by Gasteiger charge is 2.33. The Kier molecular flexibility index (Phi) is 7.03. The molecule has 0 heterocycles. The third-order valence-electron chi connectivity index (χ3n) is 3.30. The number of amides is 1. The van der Waals surface area contributed by atoms with Crippen LogP contribution in [0.5, 0.6) is 0 Å². The van der Waals surface area contributed by atoms with Crippen molar-refractivity contribution >= 4 is 24.0 Å². The zero-order valence-corrected chi connectivity index (χ0v) is 13.7. The first-order chi connectivity index (χ1) is 12.5. The van der Waals surface area contributed by atoms with Gasteiger partial charge in [0.2, 0.25) is 6.41 Å². The van der Waals surface area contributed by atoms with E-state index in [9.17, 15) is 31.9 Å². The second-order valence-corrected chi connectivity index (χ2v) is 5.04. The van der Waals surface area contributed by atoms with Crippen LogP contribution in [0, 0.1) is 12.7 Å². The van der Waals surface area contributed by atoms with Crippen molar-refractivity contribution in [1.29, 1.82) is 0 Å². The maximum Gasteiger partial charge on any atom is 0.418 e. The third kappa shape index (κ3) is 5.80. The zero-order chi connectivity index (χ0) is 20.8.